The largest absolute Gasteiger partial charge is 0.368 e. The first-order valence-corrected chi connectivity index (χ1v) is 4.16. The molecule has 76 valence electrons. The van der Waals surface area contributed by atoms with Gasteiger partial charge in [-0.05, 0) is 6.42 Å². The van der Waals surface area contributed by atoms with Crippen LogP contribution in [0.1, 0.15) is 6.42 Å². The number of hydrogen-bond acceptors (Lipinski definition) is 3. The average molecular weight is 196 g/mol. The molecular weight excluding hydrogens is 184 g/mol. The van der Waals surface area contributed by atoms with E-state index in [-0.39, 0.29) is 0 Å². The van der Waals surface area contributed by atoms with Crippen LogP contribution >= 0.6 is 0 Å². The SMILES string of the molecule is NC(=O)C1C=NC=CCCN1C(N)=O. The minimum atomic E-state index is -0.850. The zero-order valence-electron chi connectivity index (χ0n) is 7.59. The van der Waals surface area contributed by atoms with E-state index in [0.717, 1.165) is 0 Å². The van der Waals surface area contributed by atoms with E-state index in [2.05, 4.69) is 4.99 Å². The van der Waals surface area contributed by atoms with Crippen LogP contribution in [0, 0.1) is 0 Å². The van der Waals surface area contributed by atoms with Crippen molar-refractivity contribution in [3.63, 3.8) is 0 Å². The third-order valence-corrected chi connectivity index (χ3v) is 1.87. The van der Waals surface area contributed by atoms with Gasteiger partial charge in [-0.2, -0.15) is 0 Å². The summed E-state index contributed by atoms with van der Waals surface area (Å²) in [4.78, 5) is 27.0. The number of urea groups is 1. The second kappa shape index (κ2) is 4.40. The number of carbonyl (C=O) groups excluding carboxylic acids is 2. The van der Waals surface area contributed by atoms with E-state index in [0.29, 0.717) is 13.0 Å². The molecule has 0 saturated carbocycles. The fraction of sp³-hybridized carbons (Fsp3) is 0.375. The van der Waals surface area contributed by atoms with Gasteiger partial charge in [0.25, 0.3) is 0 Å². The molecule has 1 unspecified atom stereocenters. The second-order valence-corrected chi connectivity index (χ2v) is 2.85. The van der Waals surface area contributed by atoms with Crippen molar-refractivity contribution < 1.29 is 9.59 Å². The van der Waals surface area contributed by atoms with Gasteiger partial charge in [-0.25, -0.2) is 4.79 Å². The van der Waals surface area contributed by atoms with Crippen LogP contribution in [0.4, 0.5) is 4.79 Å². The number of primary amides is 2. The van der Waals surface area contributed by atoms with E-state index < -0.39 is 18.0 Å². The Morgan fingerprint density at radius 1 is 1.43 bits per heavy atom. The van der Waals surface area contributed by atoms with Gasteiger partial charge in [0.05, 0.1) is 0 Å². The van der Waals surface area contributed by atoms with E-state index in [4.69, 9.17) is 11.5 Å². The molecule has 0 aliphatic carbocycles. The number of nitrogens with zero attached hydrogens (tertiary/aromatic N) is 2. The molecule has 0 aromatic rings. The molecule has 3 amide bonds. The fourth-order valence-corrected chi connectivity index (χ4v) is 1.17. The topological polar surface area (TPSA) is 102 Å². The molecule has 1 aliphatic rings. The van der Waals surface area contributed by atoms with Crippen molar-refractivity contribution >= 4 is 18.2 Å². The highest BCUT2D eigenvalue weighted by molar-refractivity contribution is 5.99. The number of rotatable bonds is 1. The lowest BCUT2D eigenvalue weighted by Crippen LogP contribution is -2.51. The van der Waals surface area contributed by atoms with Gasteiger partial charge in [0.15, 0.2) is 0 Å². The standard InChI is InChI=1S/C8H12N4O2/c9-7(13)6-5-11-3-1-2-4-12(6)8(10)14/h1,3,5-6H,2,4H2,(H2,9,13)(H2,10,14). The molecule has 6 heteroatoms. The number of carbonyl (C=O) groups is 2. The summed E-state index contributed by atoms with van der Waals surface area (Å²) >= 11 is 0. The van der Waals surface area contributed by atoms with E-state index in [1.807, 2.05) is 0 Å². The van der Waals surface area contributed by atoms with Gasteiger partial charge in [-0.1, -0.05) is 6.08 Å². The highest BCUT2D eigenvalue weighted by Crippen LogP contribution is 2.02. The molecule has 6 nitrogen and oxygen atoms in total. The molecule has 0 aromatic heterocycles. The van der Waals surface area contributed by atoms with Gasteiger partial charge in [-0.3, -0.25) is 9.79 Å². The molecule has 0 saturated heterocycles. The quantitative estimate of drug-likeness (QED) is 0.574. The molecule has 0 fully saturated rings. The molecule has 4 N–H and O–H groups in total. The van der Waals surface area contributed by atoms with Crippen LogP contribution in [0.15, 0.2) is 17.3 Å². The van der Waals surface area contributed by atoms with Gasteiger partial charge >= 0.3 is 6.03 Å². The predicted molar refractivity (Wildman–Crippen MR) is 51.5 cm³/mol. The fourth-order valence-electron chi connectivity index (χ4n) is 1.17. The number of hydrogen-bond donors (Lipinski definition) is 2. The second-order valence-electron chi connectivity index (χ2n) is 2.85. The Morgan fingerprint density at radius 3 is 2.71 bits per heavy atom. The van der Waals surface area contributed by atoms with Gasteiger partial charge in [-0.15, -0.1) is 0 Å². The first kappa shape index (κ1) is 10.2. The summed E-state index contributed by atoms with van der Waals surface area (Å²) in [5, 5.41) is 0. The van der Waals surface area contributed by atoms with Crippen molar-refractivity contribution in [1.29, 1.82) is 0 Å². The van der Waals surface area contributed by atoms with Crippen LogP contribution in [-0.4, -0.2) is 35.6 Å². The zero-order valence-corrected chi connectivity index (χ0v) is 7.59. The summed E-state index contributed by atoms with van der Waals surface area (Å²) in [5.41, 5.74) is 10.2. The van der Waals surface area contributed by atoms with Crippen LogP contribution in [0.3, 0.4) is 0 Å². The van der Waals surface area contributed by atoms with Crippen molar-refractivity contribution in [2.24, 2.45) is 16.5 Å². The van der Waals surface area contributed by atoms with Gasteiger partial charge in [0.2, 0.25) is 5.91 Å². The molecule has 0 spiro atoms. The maximum absolute atomic E-state index is 11.0. The van der Waals surface area contributed by atoms with Crippen molar-refractivity contribution in [3.05, 3.63) is 12.3 Å². The van der Waals surface area contributed by atoms with E-state index in [1.165, 1.54) is 11.1 Å². The third kappa shape index (κ3) is 2.32. The first-order chi connectivity index (χ1) is 6.63. The lowest BCUT2D eigenvalue weighted by molar-refractivity contribution is -0.120. The summed E-state index contributed by atoms with van der Waals surface area (Å²) in [6.07, 6.45) is 5.25. The minimum Gasteiger partial charge on any atom is -0.368 e. The van der Waals surface area contributed by atoms with E-state index >= 15 is 0 Å². The van der Waals surface area contributed by atoms with Crippen LogP contribution in [-0.2, 0) is 4.79 Å². The van der Waals surface area contributed by atoms with Crippen molar-refractivity contribution in [2.75, 3.05) is 6.54 Å². The number of nitrogens with two attached hydrogens (primary N) is 2. The van der Waals surface area contributed by atoms with E-state index in [1.54, 1.807) is 12.3 Å². The monoisotopic (exact) mass is 196 g/mol. The maximum atomic E-state index is 11.0. The molecule has 1 aliphatic heterocycles. The summed E-state index contributed by atoms with van der Waals surface area (Å²) in [6.45, 7) is 0.367. The number of amides is 3. The highest BCUT2D eigenvalue weighted by Gasteiger charge is 2.24. The van der Waals surface area contributed by atoms with Crippen molar-refractivity contribution in [1.82, 2.24) is 4.90 Å². The highest BCUT2D eigenvalue weighted by atomic mass is 16.2. The lowest BCUT2D eigenvalue weighted by Gasteiger charge is -2.25. The Morgan fingerprint density at radius 2 is 2.14 bits per heavy atom. The molecule has 14 heavy (non-hydrogen) atoms. The lowest BCUT2D eigenvalue weighted by atomic mass is 10.2. The van der Waals surface area contributed by atoms with Crippen molar-refractivity contribution in [3.8, 4) is 0 Å². The van der Waals surface area contributed by atoms with Crippen LogP contribution in [0.5, 0.6) is 0 Å². The zero-order chi connectivity index (χ0) is 10.6. The Labute approximate surface area is 81.3 Å². The Bertz CT molecular complexity index is 298. The summed E-state index contributed by atoms with van der Waals surface area (Å²) in [7, 11) is 0. The van der Waals surface area contributed by atoms with Crippen LogP contribution < -0.4 is 11.5 Å². The Kier molecular flexibility index (Phi) is 3.22. The molecule has 0 bridgehead atoms. The van der Waals surface area contributed by atoms with Gasteiger partial charge < -0.3 is 16.4 Å². The smallest absolute Gasteiger partial charge is 0.315 e. The Balaban J connectivity index is 2.89. The molecule has 1 heterocycles. The molecule has 1 atom stereocenters. The van der Waals surface area contributed by atoms with Crippen LogP contribution in [0.2, 0.25) is 0 Å². The number of aliphatic imine (C=N–C) groups is 1. The van der Waals surface area contributed by atoms with Crippen molar-refractivity contribution in [2.45, 2.75) is 12.5 Å². The molecule has 1 rings (SSSR count). The molecule has 0 radical (unpaired) electrons. The summed E-state index contributed by atoms with van der Waals surface area (Å²) < 4.78 is 0. The van der Waals surface area contributed by atoms with E-state index in [9.17, 15) is 9.59 Å². The predicted octanol–water partition coefficient (Wildman–Crippen LogP) is -0.791. The van der Waals surface area contributed by atoms with Gasteiger partial charge in [0, 0.05) is 19.0 Å². The maximum Gasteiger partial charge on any atom is 0.315 e. The van der Waals surface area contributed by atoms with Gasteiger partial charge in [0.1, 0.15) is 6.04 Å². The average Bonchev–Trinajstić information content (AvgIpc) is 2.01. The first-order valence-electron chi connectivity index (χ1n) is 4.16. The van der Waals surface area contributed by atoms with Crippen LogP contribution in [0.25, 0.3) is 0 Å². The molecule has 0 aromatic carbocycles. The summed E-state index contributed by atoms with van der Waals surface area (Å²) in [6, 6.07) is -1.52. The summed E-state index contributed by atoms with van der Waals surface area (Å²) in [5.74, 6) is -0.636. The molecular formula is C8H12N4O2. The normalized spacial score (nSPS) is 21.4. The Hall–Kier alpha value is -1.85. The minimum absolute atomic E-state index is 0.367. The third-order valence-electron chi connectivity index (χ3n) is 1.87.